The second kappa shape index (κ2) is 6.59. The summed E-state index contributed by atoms with van der Waals surface area (Å²) in [6.45, 7) is 2.36. The molecule has 4 aromatic rings. The van der Waals surface area contributed by atoms with E-state index in [1.807, 2.05) is 37.3 Å². The SMILES string of the molecule is Cc1cccc(-n2ncc3c(=O)n(Cc4ccc(Cl)c(Cl)c4)cnc32)c1. The van der Waals surface area contributed by atoms with Gasteiger partial charge in [-0.3, -0.25) is 9.36 Å². The molecule has 0 fully saturated rings. The molecule has 4 rings (SSSR count). The second-order valence-corrected chi connectivity index (χ2v) is 6.87. The van der Waals surface area contributed by atoms with Crippen molar-refractivity contribution in [2.45, 2.75) is 13.5 Å². The quantitative estimate of drug-likeness (QED) is 0.530. The Bertz CT molecular complexity index is 1180. The Balaban J connectivity index is 1.76. The zero-order valence-corrected chi connectivity index (χ0v) is 15.4. The van der Waals surface area contributed by atoms with Gasteiger partial charge in [0.2, 0.25) is 0 Å². The molecule has 0 radical (unpaired) electrons. The number of benzene rings is 2. The van der Waals surface area contributed by atoms with Crippen molar-refractivity contribution in [2.24, 2.45) is 0 Å². The summed E-state index contributed by atoms with van der Waals surface area (Å²) < 4.78 is 3.21. The topological polar surface area (TPSA) is 52.7 Å². The molecule has 2 aromatic heterocycles. The molecule has 2 heterocycles. The first-order chi connectivity index (χ1) is 12.5. The molecule has 0 atom stereocenters. The lowest BCUT2D eigenvalue weighted by atomic mass is 10.2. The largest absolute Gasteiger partial charge is 0.294 e. The molecular weight excluding hydrogens is 371 g/mol. The van der Waals surface area contributed by atoms with Gasteiger partial charge in [-0.1, -0.05) is 41.4 Å². The zero-order valence-electron chi connectivity index (χ0n) is 13.9. The fourth-order valence-electron chi connectivity index (χ4n) is 2.84. The number of halogens is 2. The van der Waals surface area contributed by atoms with E-state index in [4.69, 9.17) is 23.2 Å². The molecule has 5 nitrogen and oxygen atoms in total. The van der Waals surface area contributed by atoms with E-state index in [9.17, 15) is 4.79 Å². The van der Waals surface area contributed by atoms with Gasteiger partial charge >= 0.3 is 0 Å². The van der Waals surface area contributed by atoms with Crippen LogP contribution in [0, 0.1) is 6.92 Å². The molecule has 26 heavy (non-hydrogen) atoms. The molecule has 0 aliphatic heterocycles. The van der Waals surface area contributed by atoms with Crippen molar-refractivity contribution in [3.05, 3.63) is 86.5 Å². The Morgan fingerprint density at radius 3 is 2.69 bits per heavy atom. The van der Waals surface area contributed by atoms with Gasteiger partial charge in [0.25, 0.3) is 5.56 Å². The van der Waals surface area contributed by atoms with Crippen molar-refractivity contribution in [2.75, 3.05) is 0 Å². The minimum atomic E-state index is -0.153. The van der Waals surface area contributed by atoms with Crippen molar-refractivity contribution < 1.29 is 0 Å². The van der Waals surface area contributed by atoms with Gasteiger partial charge in [-0.15, -0.1) is 0 Å². The molecule has 2 aromatic carbocycles. The summed E-state index contributed by atoms with van der Waals surface area (Å²) in [5, 5.41) is 5.75. The van der Waals surface area contributed by atoms with E-state index in [-0.39, 0.29) is 5.56 Å². The fourth-order valence-corrected chi connectivity index (χ4v) is 3.17. The number of nitrogens with zero attached hydrogens (tertiary/aromatic N) is 4. The maximum Gasteiger partial charge on any atom is 0.264 e. The summed E-state index contributed by atoms with van der Waals surface area (Å²) in [6, 6.07) is 13.2. The summed E-state index contributed by atoms with van der Waals surface area (Å²) in [7, 11) is 0. The van der Waals surface area contributed by atoms with Crippen LogP contribution in [-0.2, 0) is 6.54 Å². The van der Waals surface area contributed by atoms with E-state index >= 15 is 0 Å². The smallest absolute Gasteiger partial charge is 0.264 e. The van der Waals surface area contributed by atoms with Gasteiger partial charge in [-0.25, -0.2) is 9.67 Å². The number of rotatable bonds is 3. The third kappa shape index (κ3) is 3.00. The van der Waals surface area contributed by atoms with Gasteiger partial charge in [-0.2, -0.15) is 5.10 Å². The Kier molecular flexibility index (Phi) is 4.26. The van der Waals surface area contributed by atoms with E-state index in [0.29, 0.717) is 27.6 Å². The van der Waals surface area contributed by atoms with E-state index in [1.54, 1.807) is 23.0 Å². The third-order valence-corrected chi connectivity index (χ3v) is 4.88. The van der Waals surface area contributed by atoms with Crippen LogP contribution < -0.4 is 5.56 Å². The van der Waals surface area contributed by atoms with E-state index in [0.717, 1.165) is 16.8 Å². The van der Waals surface area contributed by atoms with Gasteiger partial charge in [0.05, 0.1) is 28.5 Å². The van der Waals surface area contributed by atoms with E-state index in [2.05, 4.69) is 10.1 Å². The molecule has 0 amide bonds. The van der Waals surface area contributed by atoms with Crippen LogP contribution in [0.25, 0.3) is 16.7 Å². The highest BCUT2D eigenvalue weighted by molar-refractivity contribution is 6.42. The lowest BCUT2D eigenvalue weighted by molar-refractivity contribution is 0.745. The van der Waals surface area contributed by atoms with Crippen LogP contribution in [0.1, 0.15) is 11.1 Å². The van der Waals surface area contributed by atoms with Crippen LogP contribution in [-0.4, -0.2) is 19.3 Å². The van der Waals surface area contributed by atoms with Gasteiger partial charge in [0.1, 0.15) is 11.7 Å². The predicted octanol–water partition coefficient (Wildman–Crippen LogP) is 4.25. The molecule has 0 aliphatic carbocycles. The standard InChI is InChI=1S/C19H14Cl2N4O/c1-12-3-2-4-14(7-12)25-18-15(9-23-25)19(26)24(11-22-18)10-13-5-6-16(20)17(21)8-13/h2-9,11H,10H2,1H3. The minimum Gasteiger partial charge on any atom is -0.294 e. The number of aryl methyl sites for hydroxylation is 1. The molecule has 7 heteroatoms. The van der Waals surface area contributed by atoms with Gasteiger partial charge in [0.15, 0.2) is 5.65 Å². The highest BCUT2D eigenvalue weighted by Gasteiger charge is 2.12. The van der Waals surface area contributed by atoms with Crippen molar-refractivity contribution >= 4 is 34.2 Å². The van der Waals surface area contributed by atoms with Crippen LogP contribution in [0.4, 0.5) is 0 Å². The van der Waals surface area contributed by atoms with Crippen LogP contribution in [0.2, 0.25) is 10.0 Å². The summed E-state index contributed by atoms with van der Waals surface area (Å²) in [4.78, 5) is 17.3. The van der Waals surface area contributed by atoms with Crippen molar-refractivity contribution in [1.82, 2.24) is 19.3 Å². The van der Waals surface area contributed by atoms with E-state index < -0.39 is 0 Å². The highest BCUT2D eigenvalue weighted by Crippen LogP contribution is 2.23. The Hall–Kier alpha value is -2.63. The normalized spacial score (nSPS) is 11.2. The molecule has 130 valence electrons. The number of hydrogen-bond donors (Lipinski definition) is 0. The van der Waals surface area contributed by atoms with Crippen LogP contribution in [0.3, 0.4) is 0 Å². The van der Waals surface area contributed by atoms with Crippen LogP contribution in [0.5, 0.6) is 0 Å². The average molecular weight is 385 g/mol. The van der Waals surface area contributed by atoms with Crippen LogP contribution in [0.15, 0.2) is 59.8 Å². The molecule has 0 N–H and O–H groups in total. The average Bonchev–Trinajstić information content (AvgIpc) is 3.05. The molecule has 0 spiro atoms. The maximum atomic E-state index is 12.8. The first kappa shape index (κ1) is 16.8. The molecule has 0 saturated heterocycles. The summed E-state index contributed by atoms with van der Waals surface area (Å²) in [5.41, 5.74) is 3.23. The van der Waals surface area contributed by atoms with Crippen molar-refractivity contribution in [3.63, 3.8) is 0 Å². The number of fused-ring (bicyclic) bond motifs is 1. The highest BCUT2D eigenvalue weighted by atomic mass is 35.5. The van der Waals surface area contributed by atoms with E-state index in [1.165, 1.54) is 10.9 Å². The second-order valence-electron chi connectivity index (χ2n) is 6.06. The van der Waals surface area contributed by atoms with Gasteiger partial charge < -0.3 is 0 Å². The van der Waals surface area contributed by atoms with Gasteiger partial charge in [-0.05, 0) is 42.3 Å². The molecule has 0 aliphatic rings. The Labute approximate surface area is 159 Å². The molecule has 0 unspecified atom stereocenters. The maximum absolute atomic E-state index is 12.8. The molecule has 0 bridgehead atoms. The van der Waals surface area contributed by atoms with Crippen LogP contribution >= 0.6 is 23.2 Å². The summed E-state index contributed by atoms with van der Waals surface area (Å²) in [6.07, 6.45) is 3.08. The zero-order chi connectivity index (χ0) is 18.3. The minimum absolute atomic E-state index is 0.153. The fraction of sp³-hybridized carbons (Fsp3) is 0.105. The predicted molar refractivity (Wildman–Crippen MR) is 103 cm³/mol. The summed E-state index contributed by atoms with van der Waals surface area (Å²) in [5.74, 6) is 0. The van der Waals surface area contributed by atoms with Crippen molar-refractivity contribution in [3.8, 4) is 5.69 Å². The third-order valence-electron chi connectivity index (χ3n) is 4.14. The Morgan fingerprint density at radius 2 is 1.92 bits per heavy atom. The Morgan fingerprint density at radius 1 is 1.08 bits per heavy atom. The number of aromatic nitrogens is 4. The van der Waals surface area contributed by atoms with Crippen molar-refractivity contribution in [1.29, 1.82) is 0 Å². The lowest BCUT2D eigenvalue weighted by Crippen LogP contribution is -2.21. The first-order valence-corrected chi connectivity index (χ1v) is 8.72. The number of hydrogen-bond acceptors (Lipinski definition) is 3. The lowest BCUT2D eigenvalue weighted by Gasteiger charge is -2.08. The molecular formula is C19H14Cl2N4O. The first-order valence-electron chi connectivity index (χ1n) is 7.97. The summed E-state index contributed by atoms with van der Waals surface area (Å²) >= 11 is 12.0. The van der Waals surface area contributed by atoms with Gasteiger partial charge in [0, 0.05) is 0 Å². The monoisotopic (exact) mass is 384 g/mol. The molecule has 0 saturated carbocycles.